The largest absolute Gasteiger partial charge is 0.441 e. The van der Waals surface area contributed by atoms with Gasteiger partial charge in [-0.1, -0.05) is 11.6 Å². The van der Waals surface area contributed by atoms with Crippen LogP contribution in [0.5, 0.6) is 0 Å². The maximum Gasteiger partial charge on any atom is 0.416 e. The molecule has 0 unspecified atom stereocenters. The highest BCUT2D eigenvalue weighted by molar-refractivity contribution is 6.31. The van der Waals surface area contributed by atoms with Crippen LogP contribution in [-0.4, -0.2) is 32.2 Å². The molecule has 1 aliphatic rings. The molecule has 0 bridgehead atoms. The van der Waals surface area contributed by atoms with Gasteiger partial charge in [-0.2, -0.15) is 13.8 Å². The second-order valence-corrected chi connectivity index (χ2v) is 8.46. The number of rotatable bonds is 5. The van der Waals surface area contributed by atoms with E-state index in [1.807, 2.05) is 0 Å². The number of ether oxygens (including phenoxy) is 1. The van der Waals surface area contributed by atoms with Crippen molar-refractivity contribution in [2.75, 3.05) is 10.2 Å². The minimum Gasteiger partial charge on any atom is -0.441 e. The molecule has 3 rings (SSSR count). The Hall–Kier alpha value is -2.62. The molecule has 0 spiro atoms. The molecule has 0 aliphatic carbocycles. The number of aromatic nitrogens is 3. The molecular weight excluding hydrogens is 423 g/mol. The second-order valence-electron chi connectivity index (χ2n) is 8.05. The van der Waals surface area contributed by atoms with Gasteiger partial charge in [0.1, 0.15) is 11.3 Å². The molecule has 1 fully saturated rings. The van der Waals surface area contributed by atoms with E-state index in [2.05, 4.69) is 20.3 Å². The number of alkyl halides is 2. The first-order valence-corrected chi connectivity index (χ1v) is 9.44. The number of carbonyl (C=O) groups is 1. The van der Waals surface area contributed by atoms with E-state index < -0.39 is 34.7 Å². The number of halogens is 4. The Kier molecular flexibility index (Phi) is 5.34. The molecule has 162 valence electrons. The van der Waals surface area contributed by atoms with Gasteiger partial charge < -0.3 is 10.1 Å². The quantitative estimate of drug-likeness (QED) is 0.707. The lowest BCUT2D eigenvalue weighted by molar-refractivity contribution is 0.0128. The first-order chi connectivity index (χ1) is 13.7. The summed E-state index contributed by atoms with van der Waals surface area (Å²) in [6.07, 6.45) is 1.46. The van der Waals surface area contributed by atoms with E-state index >= 15 is 0 Å². The van der Waals surface area contributed by atoms with E-state index in [1.54, 1.807) is 27.7 Å². The highest BCUT2D eigenvalue weighted by Gasteiger charge is 2.56. The minimum atomic E-state index is -3.16. The molecule has 1 amide bonds. The van der Waals surface area contributed by atoms with Crippen LogP contribution in [0.1, 0.15) is 45.9 Å². The molecule has 30 heavy (non-hydrogen) atoms. The van der Waals surface area contributed by atoms with Crippen molar-refractivity contribution in [3.8, 4) is 0 Å². The number of nitrogens with one attached hydrogen (secondary N) is 1. The topological polar surface area (TPSA) is 80.2 Å². The van der Waals surface area contributed by atoms with Crippen molar-refractivity contribution in [3.05, 3.63) is 40.6 Å². The van der Waals surface area contributed by atoms with Crippen LogP contribution >= 0.6 is 11.6 Å². The van der Waals surface area contributed by atoms with Gasteiger partial charge in [-0.25, -0.2) is 19.1 Å². The Morgan fingerprint density at radius 2 is 1.90 bits per heavy atom. The molecule has 3 heterocycles. The average Bonchev–Trinajstić information content (AvgIpc) is 2.76. The lowest BCUT2D eigenvalue weighted by Gasteiger charge is -2.36. The zero-order valence-corrected chi connectivity index (χ0v) is 17.8. The van der Waals surface area contributed by atoms with Gasteiger partial charge in [-0.3, -0.25) is 4.98 Å². The normalized spacial score (nSPS) is 17.8. The van der Waals surface area contributed by atoms with E-state index in [9.17, 15) is 18.0 Å². The van der Waals surface area contributed by atoms with Gasteiger partial charge in [-0.15, -0.1) is 0 Å². The molecule has 0 radical (unpaired) electrons. The maximum absolute atomic E-state index is 14.5. The third kappa shape index (κ3) is 3.88. The number of pyridine rings is 1. The summed E-state index contributed by atoms with van der Waals surface area (Å²) in [5.41, 5.74) is -1.79. The molecule has 1 aliphatic heterocycles. The number of amides is 1. The lowest BCUT2D eigenvalue weighted by Crippen LogP contribution is -2.51. The Labute approximate surface area is 176 Å². The monoisotopic (exact) mass is 443 g/mol. The number of hydrogen-bond acceptors (Lipinski definition) is 6. The standard InChI is InChI=1S/C19H21ClF3N5O2/c1-17(2)18(3,4)30-16(29)28(17)14-12(21)9-26-15(27-14)25-8-10-6-11(20)13(24-7-10)19(5,22)23/h6-7,9H,8H2,1-5H3,(H,25,26,27). The molecule has 0 aromatic carbocycles. The van der Waals surface area contributed by atoms with Crippen LogP contribution in [0, 0.1) is 5.82 Å². The molecule has 2 aromatic heterocycles. The zero-order valence-electron chi connectivity index (χ0n) is 17.1. The van der Waals surface area contributed by atoms with Crippen molar-refractivity contribution in [2.45, 2.75) is 58.2 Å². The van der Waals surface area contributed by atoms with Crippen LogP contribution in [0.15, 0.2) is 18.5 Å². The molecule has 0 saturated carbocycles. The number of cyclic esters (lactones) is 1. The number of anilines is 2. The summed E-state index contributed by atoms with van der Waals surface area (Å²) in [6.45, 7) is 7.73. The Morgan fingerprint density at radius 1 is 1.23 bits per heavy atom. The van der Waals surface area contributed by atoms with Crippen molar-refractivity contribution in [2.24, 2.45) is 0 Å². The fraction of sp³-hybridized carbons (Fsp3) is 0.474. The van der Waals surface area contributed by atoms with Crippen molar-refractivity contribution in [1.82, 2.24) is 15.0 Å². The SMILES string of the molecule is CC(F)(F)c1ncc(CNc2ncc(F)c(N3C(=O)OC(C)(C)C3(C)C)n2)cc1Cl. The number of carbonyl (C=O) groups excluding carboxylic acids is 1. The van der Waals surface area contributed by atoms with Crippen molar-refractivity contribution in [1.29, 1.82) is 0 Å². The summed E-state index contributed by atoms with van der Waals surface area (Å²) in [5, 5.41) is 2.67. The summed E-state index contributed by atoms with van der Waals surface area (Å²) in [6, 6.07) is 1.35. The average molecular weight is 444 g/mol. The van der Waals surface area contributed by atoms with Crippen molar-refractivity contribution >= 4 is 29.5 Å². The summed E-state index contributed by atoms with van der Waals surface area (Å²) >= 11 is 5.89. The number of nitrogens with zero attached hydrogens (tertiary/aromatic N) is 4. The fourth-order valence-corrected chi connectivity index (χ4v) is 3.27. The lowest BCUT2D eigenvalue weighted by atomic mass is 9.85. The third-order valence-electron chi connectivity index (χ3n) is 5.26. The van der Waals surface area contributed by atoms with Gasteiger partial charge in [0.15, 0.2) is 11.6 Å². The van der Waals surface area contributed by atoms with Crippen LogP contribution in [0.4, 0.5) is 29.7 Å². The van der Waals surface area contributed by atoms with Gasteiger partial charge in [-0.05, 0) is 39.3 Å². The minimum absolute atomic E-state index is 0.0285. The fourth-order valence-electron chi connectivity index (χ4n) is 2.92. The first kappa shape index (κ1) is 22.1. The van der Waals surface area contributed by atoms with Crippen LogP contribution in [0.25, 0.3) is 0 Å². The Morgan fingerprint density at radius 3 is 2.43 bits per heavy atom. The Balaban J connectivity index is 1.83. The molecule has 1 N–H and O–H groups in total. The van der Waals surface area contributed by atoms with Gasteiger partial charge in [0.25, 0.3) is 5.92 Å². The second kappa shape index (κ2) is 7.26. The smallest absolute Gasteiger partial charge is 0.416 e. The van der Waals surface area contributed by atoms with Crippen LogP contribution < -0.4 is 10.2 Å². The summed E-state index contributed by atoms with van der Waals surface area (Å²) in [4.78, 5) is 25.2. The van der Waals surface area contributed by atoms with Crippen LogP contribution in [0.3, 0.4) is 0 Å². The van der Waals surface area contributed by atoms with E-state index in [4.69, 9.17) is 16.3 Å². The summed E-state index contributed by atoms with van der Waals surface area (Å²) < 4.78 is 46.7. The van der Waals surface area contributed by atoms with Gasteiger partial charge in [0.2, 0.25) is 5.95 Å². The van der Waals surface area contributed by atoms with E-state index in [-0.39, 0.29) is 23.3 Å². The van der Waals surface area contributed by atoms with E-state index in [0.29, 0.717) is 12.5 Å². The van der Waals surface area contributed by atoms with Crippen LogP contribution in [0.2, 0.25) is 5.02 Å². The molecule has 0 atom stereocenters. The van der Waals surface area contributed by atoms with Gasteiger partial charge in [0.05, 0.1) is 16.8 Å². The maximum atomic E-state index is 14.5. The van der Waals surface area contributed by atoms with Crippen molar-refractivity contribution < 1.29 is 22.7 Å². The molecule has 1 saturated heterocycles. The number of hydrogen-bond donors (Lipinski definition) is 1. The van der Waals surface area contributed by atoms with Gasteiger partial charge >= 0.3 is 6.09 Å². The first-order valence-electron chi connectivity index (χ1n) is 9.06. The third-order valence-corrected chi connectivity index (χ3v) is 5.55. The van der Waals surface area contributed by atoms with E-state index in [0.717, 1.165) is 11.1 Å². The summed E-state index contributed by atoms with van der Waals surface area (Å²) in [7, 11) is 0. The molecule has 7 nitrogen and oxygen atoms in total. The van der Waals surface area contributed by atoms with E-state index in [1.165, 1.54) is 12.3 Å². The summed E-state index contributed by atoms with van der Waals surface area (Å²) in [5.74, 6) is -4.16. The predicted molar refractivity (Wildman–Crippen MR) is 105 cm³/mol. The molecule has 11 heteroatoms. The van der Waals surface area contributed by atoms with Gasteiger partial charge in [0, 0.05) is 19.7 Å². The predicted octanol–water partition coefficient (Wildman–Crippen LogP) is 4.90. The molecular formula is C19H21ClF3N5O2. The zero-order chi connectivity index (χ0) is 22.5. The van der Waals surface area contributed by atoms with Crippen molar-refractivity contribution in [3.63, 3.8) is 0 Å². The Bertz CT molecular complexity index is 995. The molecule has 2 aromatic rings. The highest BCUT2D eigenvalue weighted by Crippen LogP contribution is 2.42. The highest BCUT2D eigenvalue weighted by atomic mass is 35.5. The van der Waals surface area contributed by atoms with Crippen LogP contribution in [-0.2, 0) is 17.2 Å².